The van der Waals surface area contributed by atoms with Gasteiger partial charge >= 0.3 is 8.56 Å². The third-order valence-electron chi connectivity index (χ3n) is 8.27. The van der Waals surface area contributed by atoms with Gasteiger partial charge in [-0.05, 0) is 56.9 Å². The molecule has 0 aromatic heterocycles. The average Bonchev–Trinajstić information content (AvgIpc) is 3.01. The summed E-state index contributed by atoms with van der Waals surface area (Å²) in [5.74, 6) is 0. The second-order valence-corrected chi connectivity index (χ2v) is 40.5. The first-order chi connectivity index (χ1) is 19.5. The van der Waals surface area contributed by atoms with E-state index in [4.69, 9.17) is 22.9 Å². The van der Waals surface area contributed by atoms with Crippen molar-refractivity contribution in [2.45, 2.75) is 190 Å². The average molecular weight is 756 g/mol. The zero-order valence-corrected chi connectivity index (χ0v) is 42.1. The van der Waals surface area contributed by atoms with Crippen LogP contribution < -0.4 is 0 Å². The summed E-state index contributed by atoms with van der Waals surface area (Å²) in [6.07, 6.45) is 0. The van der Waals surface area contributed by atoms with Crippen LogP contribution in [0.2, 0.25) is 120 Å². The molecule has 2 atom stereocenters. The number of rotatable bonds is 12. The highest BCUT2D eigenvalue weighted by molar-refractivity contribution is 6.77. The highest BCUT2D eigenvalue weighted by Crippen LogP contribution is 2.13. The van der Waals surface area contributed by atoms with Gasteiger partial charge < -0.3 is 22.9 Å². The van der Waals surface area contributed by atoms with E-state index in [0.717, 1.165) is 18.1 Å². The molecule has 0 aliphatic rings. The minimum Gasteiger partial charge on any atom is -0.435 e. The van der Waals surface area contributed by atoms with E-state index in [9.17, 15) is 0 Å². The summed E-state index contributed by atoms with van der Waals surface area (Å²) in [6, 6.07) is 11.4. The van der Waals surface area contributed by atoms with E-state index in [-0.39, 0.29) is 7.43 Å². The summed E-state index contributed by atoms with van der Waals surface area (Å²) in [5, 5.41) is 0. The van der Waals surface area contributed by atoms with Crippen molar-refractivity contribution in [2.24, 2.45) is 0 Å². The third kappa shape index (κ3) is 74.3. The minimum atomic E-state index is -1.67. The summed E-state index contributed by atoms with van der Waals surface area (Å²) in [6.45, 7) is 41.8. The van der Waals surface area contributed by atoms with Crippen LogP contribution in [0.15, 0.2) is 0 Å². The molecule has 0 radical (unpaired) electrons. The van der Waals surface area contributed by atoms with Gasteiger partial charge in [-0.2, -0.15) is 0 Å². The van der Waals surface area contributed by atoms with Gasteiger partial charge in [0, 0.05) is 47.0 Å². The van der Waals surface area contributed by atoms with E-state index in [1.807, 2.05) is 40.0 Å². The molecule has 0 saturated heterocycles. The van der Waals surface area contributed by atoms with E-state index in [0.29, 0.717) is 9.52 Å². The van der Waals surface area contributed by atoms with Gasteiger partial charge in [-0.3, -0.25) is 0 Å². The quantitative estimate of drug-likeness (QED) is 0.194. The summed E-state index contributed by atoms with van der Waals surface area (Å²) < 4.78 is 15.3. The van der Waals surface area contributed by atoms with Crippen LogP contribution >= 0.6 is 0 Å². The van der Waals surface area contributed by atoms with Gasteiger partial charge in [0.15, 0.2) is 26.4 Å². The smallest absolute Gasteiger partial charge is 0.334 e. The lowest BCUT2D eigenvalue weighted by molar-refractivity contribution is 0.251. The Kier molecular flexibility index (Phi) is 61.5. The maximum absolute atomic E-state index is 8.97. The zero-order valence-electron chi connectivity index (χ0n) is 34.3. The molecule has 0 saturated carbocycles. The molecule has 0 heterocycles. The maximum atomic E-state index is 8.97. The van der Waals surface area contributed by atoms with Crippen molar-refractivity contribution in [1.82, 2.24) is 0 Å². The SMILES string of the molecule is C.CC[SiH2]C.CC[SiH](C)O.CC[SiH](C)OC.CC[Si](C)(C)CC.CC[Si](C)(C)CC.CC[Si](C)(C)O.CC[Si](C)(OC)OC. The molecule has 0 amide bonds. The number of hydrogen-bond acceptors (Lipinski definition) is 5. The zero-order chi connectivity index (χ0) is 36.3. The molecular weight excluding hydrogens is 661 g/mol. The Labute approximate surface area is 293 Å². The van der Waals surface area contributed by atoms with Gasteiger partial charge in [-0.25, -0.2) is 0 Å². The highest BCUT2D eigenvalue weighted by Gasteiger charge is 2.24. The van der Waals surface area contributed by atoms with Gasteiger partial charge in [-0.15, -0.1) is 0 Å². The molecule has 0 aliphatic heterocycles. The highest BCUT2D eigenvalue weighted by atomic mass is 28.4. The van der Waals surface area contributed by atoms with Gasteiger partial charge in [-0.1, -0.05) is 133 Å². The van der Waals surface area contributed by atoms with Crippen LogP contribution in [0, 0.1) is 0 Å². The molecule has 0 aromatic rings. The number of hydrogen-bond donors (Lipinski definition) is 2. The molecule has 2 N–H and O–H groups in total. The van der Waals surface area contributed by atoms with Crippen molar-refractivity contribution in [2.75, 3.05) is 21.3 Å². The molecule has 0 fully saturated rings. The summed E-state index contributed by atoms with van der Waals surface area (Å²) in [4.78, 5) is 17.5. The van der Waals surface area contributed by atoms with E-state index >= 15 is 0 Å². The van der Waals surface area contributed by atoms with Crippen molar-refractivity contribution >= 4 is 60.6 Å². The van der Waals surface area contributed by atoms with Crippen LogP contribution in [0.25, 0.3) is 0 Å². The van der Waals surface area contributed by atoms with Crippen LogP contribution in [0.1, 0.15) is 69.7 Å². The molecular formula is C32H94O5Si7. The van der Waals surface area contributed by atoms with Gasteiger partial charge in [0.05, 0.1) is 0 Å². The van der Waals surface area contributed by atoms with E-state index in [1.165, 1.54) is 36.3 Å². The second-order valence-electron chi connectivity index (χ2n) is 13.5. The molecule has 2 unspecified atom stereocenters. The molecule has 280 valence electrons. The molecule has 0 spiro atoms. The fourth-order valence-corrected chi connectivity index (χ4v) is 3.12. The molecule has 0 aromatic carbocycles. The first kappa shape index (κ1) is 63.9. The molecule has 0 bridgehead atoms. The second kappa shape index (κ2) is 42.3. The first-order valence-corrected chi connectivity index (χ1v) is 37.4. The Morgan fingerprint density at radius 3 is 0.841 bits per heavy atom. The fraction of sp³-hybridized carbons (Fsp3) is 1.00. The lowest BCUT2D eigenvalue weighted by Gasteiger charge is -2.19. The van der Waals surface area contributed by atoms with Crippen LogP contribution in [0.3, 0.4) is 0 Å². The van der Waals surface area contributed by atoms with Crippen LogP contribution in [0.5, 0.6) is 0 Å². The van der Waals surface area contributed by atoms with E-state index in [1.54, 1.807) is 21.3 Å². The van der Waals surface area contributed by atoms with E-state index in [2.05, 4.69) is 87.7 Å². The summed E-state index contributed by atoms with van der Waals surface area (Å²) >= 11 is 0. The normalized spacial score (nSPS) is 12.3. The van der Waals surface area contributed by atoms with Crippen LogP contribution in [-0.2, 0) is 13.3 Å². The Hall–Kier alpha value is 1.32. The maximum Gasteiger partial charge on any atom is 0.334 e. The predicted octanol–water partition coefficient (Wildman–Crippen LogP) is 10.7. The predicted molar refractivity (Wildman–Crippen MR) is 231 cm³/mol. The Balaban J connectivity index is -0.0000000576. The topological polar surface area (TPSA) is 68.2 Å². The first-order valence-electron chi connectivity index (χ1n) is 17.5. The Morgan fingerprint density at radius 1 is 0.591 bits per heavy atom. The lowest BCUT2D eigenvalue weighted by Crippen LogP contribution is -2.34. The van der Waals surface area contributed by atoms with Crippen molar-refractivity contribution in [3.63, 3.8) is 0 Å². The Bertz CT molecular complexity index is 448. The Morgan fingerprint density at radius 2 is 0.841 bits per heavy atom. The van der Waals surface area contributed by atoms with Crippen LogP contribution in [0.4, 0.5) is 0 Å². The minimum absolute atomic E-state index is 0. The largest absolute Gasteiger partial charge is 0.435 e. The standard InChI is InChI=1S/2C6H16Si.C5H14O2Si.2C4H12OSi.C3H10OSi.C3H10Si.CH4/c2*1-5-7(3,4)6-2;1-5-8(4,6-2)7-3;1-4-6(2,3)5;1-4-6(3)5-2;1-3-5(2)4;1-3-4-2;/h2*5-6H2,1-4H3;5H2,1-4H3;5H,4H2,1-3H3;6H,4H2,1-3H3;4-5H,3H2,1-2H3;3-4H2,1-2H3;1H4. The van der Waals surface area contributed by atoms with Gasteiger partial charge in [0.1, 0.15) is 0 Å². The molecule has 12 heteroatoms. The van der Waals surface area contributed by atoms with Crippen LogP contribution in [-0.4, -0.2) is 91.5 Å². The van der Waals surface area contributed by atoms with Gasteiger partial charge in [0.25, 0.3) is 0 Å². The summed E-state index contributed by atoms with van der Waals surface area (Å²) in [5.41, 5.74) is 0. The monoisotopic (exact) mass is 755 g/mol. The third-order valence-corrected chi connectivity index (χ3v) is 24.8. The molecule has 0 rings (SSSR count). The van der Waals surface area contributed by atoms with E-state index < -0.39 is 51.1 Å². The molecule has 44 heavy (non-hydrogen) atoms. The van der Waals surface area contributed by atoms with Crippen molar-refractivity contribution in [3.8, 4) is 0 Å². The van der Waals surface area contributed by atoms with Crippen molar-refractivity contribution in [3.05, 3.63) is 0 Å². The lowest BCUT2D eigenvalue weighted by atomic mass is 10.9. The summed E-state index contributed by atoms with van der Waals surface area (Å²) in [7, 11) is -0.784. The van der Waals surface area contributed by atoms with Crippen molar-refractivity contribution in [1.29, 1.82) is 0 Å². The van der Waals surface area contributed by atoms with Crippen molar-refractivity contribution < 1.29 is 22.9 Å². The van der Waals surface area contributed by atoms with Gasteiger partial charge in [0.2, 0.25) is 0 Å². The molecule has 0 aliphatic carbocycles. The fourth-order valence-electron chi connectivity index (χ4n) is 1.04. The molecule has 5 nitrogen and oxygen atoms in total.